The van der Waals surface area contributed by atoms with Gasteiger partial charge < -0.3 is 14.8 Å². The zero-order valence-electron chi connectivity index (χ0n) is 19.1. The number of non-ortho nitro benzene ring substituents is 1. The van der Waals surface area contributed by atoms with Crippen molar-refractivity contribution in [2.45, 2.75) is 20.5 Å². The fraction of sp³-hybridized carbons (Fsp3) is 0.154. The van der Waals surface area contributed by atoms with E-state index < -0.39 is 10.8 Å². The molecular formula is C26H22FN3O5. The van der Waals surface area contributed by atoms with E-state index in [1.807, 2.05) is 13.0 Å². The van der Waals surface area contributed by atoms with Gasteiger partial charge in [0.05, 0.1) is 11.5 Å². The Hall–Kier alpha value is -4.71. The minimum Gasteiger partial charge on any atom is -0.490 e. The summed E-state index contributed by atoms with van der Waals surface area (Å²) in [6.45, 7) is 4.01. The first-order valence-electron chi connectivity index (χ1n) is 10.6. The van der Waals surface area contributed by atoms with E-state index in [1.165, 1.54) is 36.4 Å². The molecule has 1 N–H and O–H groups in total. The molecule has 8 nitrogen and oxygen atoms in total. The molecule has 0 heterocycles. The van der Waals surface area contributed by atoms with Crippen molar-refractivity contribution in [2.75, 3.05) is 11.9 Å². The molecule has 3 rings (SSSR count). The SMILES string of the molecule is CCOc1cc(/C=C(\C#N)C(=O)Nc2ccc([N+](=O)[O-])cc2C)ccc1OCc1ccc(F)cc1. The zero-order chi connectivity index (χ0) is 25.4. The molecule has 0 aromatic heterocycles. The molecule has 0 saturated heterocycles. The van der Waals surface area contributed by atoms with E-state index in [-0.39, 0.29) is 23.7 Å². The molecule has 0 unspecified atom stereocenters. The maximum absolute atomic E-state index is 13.1. The van der Waals surface area contributed by atoms with Gasteiger partial charge in [-0.3, -0.25) is 14.9 Å². The second-order valence-electron chi connectivity index (χ2n) is 7.43. The lowest BCUT2D eigenvalue weighted by Crippen LogP contribution is -2.14. The maximum Gasteiger partial charge on any atom is 0.269 e. The van der Waals surface area contributed by atoms with Gasteiger partial charge in [-0.1, -0.05) is 18.2 Å². The molecule has 3 aromatic carbocycles. The predicted octanol–water partition coefficient (Wildman–Crippen LogP) is 5.57. The monoisotopic (exact) mass is 475 g/mol. The number of nitriles is 1. The molecule has 0 atom stereocenters. The average molecular weight is 475 g/mol. The molecule has 0 aliphatic carbocycles. The highest BCUT2D eigenvalue weighted by Crippen LogP contribution is 2.30. The van der Waals surface area contributed by atoms with Gasteiger partial charge in [0, 0.05) is 17.8 Å². The summed E-state index contributed by atoms with van der Waals surface area (Å²) < 4.78 is 24.6. The van der Waals surface area contributed by atoms with Crippen LogP contribution in [0.3, 0.4) is 0 Å². The van der Waals surface area contributed by atoms with Gasteiger partial charge in [0.25, 0.3) is 11.6 Å². The van der Waals surface area contributed by atoms with Crippen LogP contribution in [0, 0.1) is 34.2 Å². The van der Waals surface area contributed by atoms with Gasteiger partial charge in [-0.2, -0.15) is 5.26 Å². The molecule has 0 saturated carbocycles. The van der Waals surface area contributed by atoms with Crippen LogP contribution in [0.1, 0.15) is 23.6 Å². The topological polar surface area (TPSA) is 114 Å². The molecule has 0 fully saturated rings. The molecule has 0 spiro atoms. The van der Waals surface area contributed by atoms with Crippen molar-refractivity contribution in [3.8, 4) is 17.6 Å². The highest BCUT2D eigenvalue weighted by Gasteiger charge is 2.14. The maximum atomic E-state index is 13.1. The highest BCUT2D eigenvalue weighted by molar-refractivity contribution is 6.10. The number of ether oxygens (including phenoxy) is 2. The summed E-state index contributed by atoms with van der Waals surface area (Å²) >= 11 is 0. The molecule has 3 aromatic rings. The molecule has 1 amide bonds. The lowest BCUT2D eigenvalue weighted by molar-refractivity contribution is -0.384. The minimum absolute atomic E-state index is 0.0956. The molecule has 178 valence electrons. The number of benzene rings is 3. The highest BCUT2D eigenvalue weighted by atomic mass is 19.1. The number of amides is 1. The van der Waals surface area contributed by atoms with Crippen molar-refractivity contribution < 1.29 is 23.6 Å². The van der Waals surface area contributed by atoms with Gasteiger partial charge in [-0.05, 0) is 66.9 Å². The van der Waals surface area contributed by atoms with Crippen LogP contribution in [-0.2, 0) is 11.4 Å². The number of halogens is 1. The summed E-state index contributed by atoms with van der Waals surface area (Å²) in [4.78, 5) is 23.0. The number of nitrogens with zero attached hydrogens (tertiary/aromatic N) is 2. The first kappa shape index (κ1) is 24.9. The fourth-order valence-corrected chi connectivity index (χ4v) is 3.15. The normalized spacial score (nSPS) is 10.9. The largest absolute Gasteiger partial charge is 0.490 e. The summed E-state index contributed by atoms with van der Waals surface area (Å²) in [6.07, 6.45) is 1.41. The molecular weight excluding hydrogens is 453 g/mol. The van der Waals surface area contributed by atoms with E-state index in [4.69, 9.17) is 9.47 Å². The molecule has 0 aliphatic heterocycles. The van der Waals surface area contributed by atoms with E-state index in [1.54, 1.807) is 37.3 Å². The summed E-state index contributed by atoms with van der Waals surface area (Å²) in [5.41, 5.74) is 1.91. The summed E-state index contributed by atoms with van der Waals surface area (Å²) in [5.74, 6) is -0.106. The predicted molar refractivity (Wildman–Crippen MR) is 128 cm³/mol. The van der Waals surface area contributed by atoms with Crippen LogP contribution in [0.4, 0.5) is 15.8 Å². The van der Waals surface area contributed by atoms with Gasteiger partial charge in [-0.25, -0.2) is 4.39 Å². The number of aryl methyl sites for hydroxylation is 1. The van der Waals surface area contributed by atoms with Crippen LogP contribution in [-0.4, -0.2) is 17.4 Å². The third-order valence-corrected chi connectivity index (χ3v) is 4.92. The molecule has 0 bridgehead atoms. The Labute approximate surface area is 201 Å². The second-order valence-corrected chi connectivity index (χ2v) is 7.43. The number of anilines is 1. The number of nitro benzene ring substituents is 1. The Kier molecular flexibility index (Phi) is 8.14. The van der Waals surface area contributed by atoms with Crippen molar-refractivity contribution in [3.05, 3.63) is 98.9 Å². The van der Waals surface area contributed by atoms with E-state index in [9.17, 15) is 24.6 Å². The number of carbonyl (C=O) groups excluding carboxylic acids is 1. The third-order valence-electron chi connectivity index (χ3n) is 4.92. The van der Waals surface area contributed by atoms with Gasteiger partial charge in [-0.15, -0.1) is 0 Å². The lowest BCUT2D eigenvalue weighted by Gasteiger charge is -2.13. The van der Waals surface area contributed by atoms with Crippen molar-refractivity contribution >= 4 is 23.4 Å². The third kappa shape index (κ3) is 6.65. The van der Waals surface area contributed by atoms with Crippen molar-refractivity contribution in [3.63, 3.8) is 0 Å². The molecule has 9 heteroatoms. The van der Waals surface area contributed by atoms with Crippen LogP contribution >= 0.6 is 0 Å². The van der Waals surface area contributed by atoms with E-state index >= 15 is 0 Å². The fourth-order valence-electron chi connectivity index (χ4n) is 3.15. The smallest absolute Gasteiger partial charge is 0.269 e. The van der Waals surface area contributed by atoms with Crippen LogP contribution < -0.4 is 14.8 Å². The summed E-state index contributed by atoms with van der Waals surface area (Å²) in [7, 11) is 0. The Morgan fingerprint density at radius 1 is 1.11 bits per heavy atom. The van der Waals surface area contributed by atoms with Crippen LogP contribution in [0.5, 0.6) is 11.5 Å². The van der Waals surface area contributed by atoms with E-state index in [2.05, 4.69) is 5.32 Å². The summed E-state index contributed by atoms with van der Waals surface area (Å²) in [5, 5.41) is 23.0. The average Bonchev–Trinajstić information content (AvgIpc) is 2.84. The number of nitrogens with one attached hydrogen (secondary N) is 1. The molecule has 0 aliphatic rings. The van der Waals surface area contributed by atoms with Crippen molar-refractivity contribution in [1.82, 2.24) is 0 Å². The van der Waals surface area contributed by atoms with Gasteiger partial charge in [0.1, 0.15) is 24.1 Å². The number of hydrogen-bond donors (Lipinski definition) is 1. The molecule has 35 heavy (non-hydrogen) atoms. The number of nitro groups is 1. The Morgan fingerprint density at radius 3 is 2.49 bits per heavy atom. The quantitative estimate of drug-likeness (QED) is 0.187. The number of carbonyl (C=O) groups is 1. The van der Waals surface area contributed by atoms with Gasteiger partial charge in [0.2, 0.25) is 0 Å². The van der Waals surface area contributed by atoms with Crippen LogP contribution in [0.15, 0.2) is 66.2 Å². The zero-order valence-corrected chi connectivity index (χ0v) is 19.1. The summed E-state index contributed by atoms with van der Waals surface area (Å²) in [6, 6.07) is 16.8. The Balaban J connectivity index is 1.78. The first-order valence-corrected chi connectivity index (χ1v) is 10.6. The first-order chi connectivity index (χ1) is 16.8. The van der Waals surface area contributed by atoms with Crippen molar-refractivity contribution in [2.24, 2.45) is 0 Å². The standard InChI is InChI=1S/C26H22FN3O5/c1-3-34-25-14-19(6-11-24(25)35-16-18-4-7-21(27)8-5-18)13-20(15-28)26(31)29-23-10-9-22(30(32)33)12-17(23)2/h4-14H,3,16H2,1-2H3,(H,29,31)/b20-13+. The van der Waals surface area contributed by atoms with Gasteiger partial charge >= 0.3 is 0 Å². The van der Waals surface area contributed by atoms with Crippen LogP contribution in [0.25, 0.3) is 6.08 Å². The number of rotatable bonds is 9. The van der Waals surface area contributed by atoms with Crippen molar-refractivity contribution in [1.29, 1.82) is 5.26 Å². The molecule has 0 radical (unpaired) electrons. The Bertz CT molecular complexity index is 1310. The minimum atomic E-state index is -0.654. The van der Waals surface area contributed by atoms with Crippen LogP contribution in [0.2, 0.25) is 0 Å². The lowest BCUT2D eigenvalue weighted by atomic mass is 10.1. The number of hydrogen-bond acceptors (Lipinski definition) is 6. The Morgan fingerprint density at radius 2 is 1.86 bits per heavy atom. The second kappa shape index (κ2) is 11.4. The van der Waals surface area contributed by atoms with Gasteiger partial charge in [0.15, 0.2) is 11.5 Å². The van der Waals surface area contributed by atoms with E-state index in [0.29, 0.717) is 34.9 Å². The van der Waals surface area contributed by atoms with E-state index in [0.717, 1.165) is 5.56 Å².